The van der Waals surface area contributed by atoms with Gasteiger partial charge in [-0.3, -0.25) is 0 Å². The summed E-state index contributed by atoms with van der Waals surface area (Å²) in [5, 5.41) is 0.534. The van der Waals surface area contributed by atoms with Crippen molar-refractivity contribution in [3.63, 3.8) is 0 Å². The van der Waals surface area contributed by atoms with Crippen molar-refractivity contribution in [2.45, 2.75) is 69.6 Å². The summed E-state index contributed by atoms with van der Waals surface area (Å²) in [6.45, 7) is 7.28. The van der Waals surface area contributed by atoms with Gasteiger partial charge in [0.05, 0.1) is 11.7 Å². The number of para-hydroxylation sites is 1. The number of allylic oxidation sites excluding steroid dienone is 10. The first-order valence-electron chi connectivity index (χ1n) is 15.7. The fourth-order valence-electron chi connectivity index (χ4n) is 8.52. The Kier molecular flexibility index (Phi) is 6.29. The highest BCUT2D eigenvalue weighted by Crippen LogP contribution is 2.62. The maximum absolute atomic E-state index is 5.58. The van der Waals surface area contributed by atoms with Crippen LogP contribution in [0.4, 0.5) is 11.5 Å². The molecule has 8 atom stereocenters. The highest BCUT2D eigenvalue weighted by Gasteiger charge is 2.52. The Balaban J connectivity index is 1.32. The summed E-state index contributed by atoms with van der Waals surface area (Å²) >= 11 is 2.13. The molecular formula is C38H40N2S. The minimum Gasteiger partial charge on any atom is -0.317 e. The van der Waals surface area contributed by atoms with Crippen molar-refractivity contribution in [1.29, 1.82) is 0 Å². The number of rotatable bonds is 3. The second-order valence-electron chi connectivity index (χ2n) is 13.2. The molecule has 0 saturated heterocycles. The van der Waals surface area contributed by atoms with Gasteiger partial charge >= 0.3 is 0 Å². The molecule has 1 aromatic carbocycles. The Morgan fingerprint density at radius 1 is 0.878 bits per heavy atom. The molecule has 208 valence electrons. The summed E-state index contributed by atoms with van der Waals surface area (Å²) in [7, 11) is 0. The number of nitrogens with zero attached hydrogens (tertiary/aromatic N) is 2. The standard InChI is InChI=1S/C38H40N2S/c1-23-12-4-6-14-27(23)26-21-32(28-15-7-5-13-24(28)2)39-35(22-26)40-33-18-10-8-17-30(33)36-25(3)20-31-29-16-9-11-19-34(29)41-38(31)37(36)40/h4-11,15-19,21-25,27,29,34,36-37H,12-14,20H2,1-3H3. The van der Waals surface area contributed by atoms with Crippen molar-refractivity contribution in [3.8, 4) is 0 Å². The number of aromatic nitrogens is 1. The highest BCUT2D eigenvalue weighted by molar-refractivity contribution is 8.04. The molecule has 3 heteroatoms. The summed E-state index contributed by atoms with van der Waals surface area (Å²) in [6.07, 6.45) is 25.6. The Morgan fingerprint density at radius 3 is 2.61 bits per heavy atom. The molecule has 0 fully saturated rings. The molecule has 2 aliphatic heterocycles. The zero-order chi connectivity index (χ0) is 27.7. The predicted octanol–water partition coefficient (Wildman–Crippen LogP) is 9.89. The summed E-state index contributed by atoms with van der Waals surface area (Å²) < 4.78 is 0. The van der Waals surface area contributed by atoms with E-state index in [9.17, 15) is 0 Å². The number of anilines is 2. The number of fused-ring (bicyclic) bond motifs is 6. The van der Waals surface area contributed by atoms with Crippen LogP contribution < -0.4 is 4.90 Å². The van der Waals surface area contributed by atoms with E-state index in [1.54, 1.807) is 10.5 Å². The third-order valence-electron chi connectivity index (χ3n) is 10.7. The third kappa shape index (κ3) is 4.10. The van der Waals surface area contributed by atoms with Crippen molar-refractivity contribution in [3.05, 3.63) is 118 Å². The normalized spacial score (nSPS) is 34.8. The lowest BCUT2D eigenvalue weighted by molar-refractivity contribution is 0.401. The van der Waals surface area contributed by atoms with E-state index < -0.39 is 0 Å². The average Bonchev–Trinajstić information content (AvgIpc) is 3.54. The van der Waals surface area contributed by atoms with Crippen LogP contribution in [0.3, 0.4) is 0 Å². The topological polar surface area (TPSA) is 16.1 Å². The van der Waals surface area contributed by atoms with Gasteiger partial charge in [-0.15, -0.1) is 11.8 Å². The molecule has 0 amide bonds. The van der Waals surface area contributed by atoms with Crippen LogP contribution in [0.5, 0.6) is 0 Å². The lowest BCUT2D eigenvalue weighted by atomic mass is 9.72. The molecule has 8 unspecified atom stereocenters. The smallest absolute Gasteiger partial charge is 0.134 e. The van der Waals surface area contributed by atoms with Gasteiger partial charge in [0.15, 0.2) is 0 Å². The summed E-state index contributed by atoms with van der Waals surface area (Å²) in [4.78, 5) is 9.86. The molecule has 0 radical (unpaired) electrons. The van der Waals surface area contributed by atoms with Gasteiger partial charge in [-0.2, -0.15) is 0 Å². The van der Waals surface area contributed by atoms with Crippen LogP contribution in [-0.2, 0) is 0 Å². The van der Waals surface area contributed by atoms with Gasteiger partial charge in [0.1, 0.15) is 5.82 Å². The third-order valence-corrected chi connectivity index (χ3v) is 12.1. The zero-order valence-corrected chi connectivity index (χ0v) is 25.2. The maximum Gasteiger partial charge on any atom is 0.134 e. The quantitative estimate of drug-likeness (QED) is 0.350. The fraction of sp³-hybridized carbons (Fsp3) is 0.395. The van der Waals surface area contributed by atoms with Crippen molar-refractivity contribution in [2.24, 2.45) is 23.7 Å². The van der Waals surface area contributed by atoms with Crippen LogP contribution in [0.1, 0.15) is 75.1 Å². The lowest BCUT2D eigenvalue weighted by Crippen LogP contribution is -2.37. The number of hydrogen-bond acceptors (Lipinski definition) is 3. The average molecular weight is 557 g/mol. The zero-order valence-electron chi connectivity index (χ0n) is 24.4. The predicted molar refractivity (Wildman–Crippen MR) is 174 cm³/mol. The molecule has 6 aliphatic rings. The first kappa shape index (κ1) is 25.7. The Morgan fingerprint density at radius 2 is 1.73 bits per heavy atom. The first-order chi connectivity index (χ1) is 20.1. The lowest BCUT2D eigenvalue weighted by Gasteiger charge is -2.38. The van der Waals surface area contributed by atoms with Crippen LogP contribution >= 0.6 is 11.8 Å². The van der Waals surface area contributed by atoms with Gasteiger partial charge in [0.2, 0.25) is 0 Å². The van der Waals surface area contributed by atoms with Gasteiger partial charge in [-0.1, -0.05) is 93.7 Å². The van der Waals surface area contributed by atoms with Gasteiger partial charge in [-0.25, -0.2) is 4.98 Å². The molecule has 3 heterocycles. The Hall–Kier alpha value is -3.04. The molecule has 0 bridgehead atoms. The van der Waals surface area contributed by atoms with E-state index in [-0.39, 0.29) is 0 Å². The second-order valence-corrected chi connectivity index (χ2v) is 14.4. The molecule has 2 aromatic rings. The van der Waals surface area contributed by atoms with Crippen LogP contribution in [0.2, 0.25) is 0 Å². The van der Waals surface area contributed by atoms with E-state index in [0.717, 1.165) is 25.1 Å². The molecule has 8 rings (SSSR count). The molecule has 0 saturated carbocycles. The van der Waals surface area contributed by atoms with Crippen LogP contribution in [0.15, 0.2) is 102 Å². The van der Waals surface area contributed by atoms with E-state index in [4.69, 9.17) is 4.98 Å². The molecule has 0 N–H and O–H groups in total. The number of thioether (sulfide) groups is 1. The first-order valence-corrected chi connectivity index (χ1v) is 16.6. The van der Waals surface area contributed by atoms with Crippen molar-refractivity contribution in [2.75, 3.05) is 4.90 Å². The van der Waals surface area contributed by atoms with Crippen molar-refractivity contribution in [1.82, 2.24) is 4.98 Å². The molecule has 41 heavy (non-hydrogen) atoms. The van der Waals surface area contributed by atoms with Gasteiger partial charge in [0, 0.05) is 27.7 Å². The summed E-state index contributed by atoms with van der Waals surface area (Å²) in [5.74, 6) is 4.42. The van der Waals surface area contributed by atoms with E-state index >= 15 is 0 Å². The van der Waals surface area contributed by atoms with Crippen molar-refractivity contribution < 1.29 is 0 Å². The number of benzene rings is 1. The van der Waals surface area contributed by atoms with Crippen LogP contribution in [0, 0.1) is 23.7 Å². The number of hydrogen-bond donors (Lipinski definition) is 0. The largest absolute Gasteiger partial charge is 0.317 e. The maximum atomic E-state index is 5.58. The SMILES string of the molecule is CC1CC=CC=C1c1cc(C2CC=CCC2C)cc(N2c3ccccc3C3C(C)CC4=C(SC5C=CC=CC45)C32)n1. The Bertz CT molecular complexity index is 1570. The van der Waals surface area contributed by atoms with Gasteiger partial charge in [-0.05, 0) is 89.8 Å². The Labute approximate surface area is 249 Å². The molecule has 1 aromatic heterocycles. The van der Waals surface area contributed by atoms with Crippen LogP contribution in [-0.4, -0.2) is 16.3 Å². The summed E-state index contributed by atoms with van der Waals surface area (Å²) in [6, 6.07) is 14.5. The van der Waals surface area contributed by atoms with Gasteiger partial charge < -0.3 is 4.90 Å². The molecule has 4 aliphatic carbocycles. The highest BCUT2D eigenvalue weighted by atomic mass is 32.2. The second kappa shape index (κ2) is 10.1. The van der Waals surface area contributed by atoms with E-state index in [0.29, 0.717) is 46.8 Å². The molecule has 0 spiro atoms. The monoisotopic (exact) mass is 556 g/mol. The molecular weight excluding hydrogens is 516 g/mol. The minimum absolute atomic E-state index is 0.320. The van der Waals surface area contributed by atoms with E-state index in [2.05, 4.69) is 129 Å². The number of pyridine rings is 1. The van der Waals surface area contributed by atoms with Crippen molar-refractivity contribution >= 4 is 28.8 Å². The van der Waals surface area contributed by atoms with Crippen LogP contribution in [0.25, 0.3) is 5.57 Å². The minimum atomic E-state index is 0.320. The molecule has 2 nitrogen and oxygen atoms in total. The summed E-state index contributed by atoms with van der Waals surface area (Å²) in [5.41, 5.74) is 8.57. The van der Waals surface area contributed by atoms with E-state index in [1.165, 1.54) is 34.5 Å². The fourth-order valence-corrected chi connectivity index (χ4v) is 10.2. The van der Waals surface area contributed by atoms with E-state index in [1.807, 2.05) is 0 Å². The van der Waals surface area contributed by atoms with Gasteiger partial charge in [0.25, 0.3) is 0 Å².